The van der Waals surface area contributed by atoms with Gasteiger partial charge < -0.3 is 5.32 Å². The predicted molar refractivity (Wildman–Crippen MR) is 85.6 cm³/mol. The number of rotatable bonds is 6. The fourth-order valence-electron chi connectivity index (χ4n) is 2.15. The molecular weight excluding hydrogens is 333 g/mol. The van der Waals surface area contributed by atoms with Crippen LogP contribution < -0.4 is 5.32 Å². The molecule has 0 aliphatic carbocycles. The van der Waals surface area contributed by atoms with Crippen molar-refractivity contribution in [1.29, 1.82) is 0 Å². The zero-order chi connectivity index (χ0) is 15.2. The van der Waals surface area contributed by atoms with E-state index in [0.29, 0.717) is 6.42 Å². The van der Waals surface area contributed by atoms with Crippen LogP contribution >= 0.6 is 15.9 Å². The van der Waals surface area contributed by atoms with Gasteiger partial charge in [0.25, 0.3) is 0 Å². The number of benzene rings is 1. The highest BCUT2D eigenvalue weighted by Crippen LogP contribution is 2.21. The fourth-order valence-corrected chi connectivity index (χ4v) is 2.66. The van der Waals surface area contributed by atoms with Crippen molar-refractivity contribution in [1.82, 2.24) is 15.3 Å². The summed E-state index contributed by atoms with van der Waals surface area (Å²) < 4.78 is 14.3. The smallest absolute Gasteiger partial charge is 0.124 e. The van der Waals surface area contributed by atoms with Crippen molar-refractivity contribution in [2.75, 3.05) is 6.54 Å². The van der Waals surface area contributed by atoms with Crippen LogP contribution in [0.15, 0.2) is 35.1 Å². The van der Waals surface area contributed by atoms with Gasteiger partial charge in [0.2, 0.25) is 0 Å². The maximum absolute atomic E-state index is 13.5. The molecule has 21 heavy (non-hydrogen) atoms. The van der Waals surface area contributed by atoms with E-state index < -0.39 is 0 Å². The molecule has 1 heterocycles. The monoisotopic (exact) mass is 351 g/mol. The summed E-state index contributed by atoms with van der Waals surface area (Å²) in [7, 11) is 0. The molecule has 0 spiro atoms. The van der Waals surface area contributed by atoms with Crippen molar-refractivity contribution in [3.8, 4) is 0 Å². The third-order valence-corrected chi connectivity index (χ3v) is 3.62. The maximum Gasteiger partial charge on any atom is 0.124 e. The molecule has 0 amide bonds. The summed E-state index contributed by atoms with van der Waals surface area (Å²) in [5.74, 6) is -0.233. The van der Waals surface area contributed by atoms with Crippen LogP contribution in [0.2, 0.25) is 0 Å². The van der Waals surface area contributed by atoms with Crippen molar-refractivity contribution in [3.63, 3.8) is 0 Å². The number of aryl methyl sites for hydroxylation is 1. The minimum atomic E-state index is -0.233. The zero-order valence-electron chi connectivity index (χ0n) is 12.2. The van der Waals surface area contributed by atoms with E-state index in [1.165, 1.54) is 6.07 Å². The van der Waals surface area contributed by atoms with Crippen LogP contribution in [0.25, 0.3) is 0 Å². The van der Waals surface area contributed by atoms with Crippen LogP contribution in [-0.2, 0) is 6.42 Å². The first-order valence-corrected chi connectivity index (χ1v) is 7.84. The summed E-state index contributed by atoms with van der Waals surface area (Å²) in [6, 6.07) is 4.99. The van der Waals surface area contributed by atoms with Gasteiger partial charge in [-0.15, -0.1) is 0 Å². The first-order chi connectivity index (χ1) is 10.1. The van der Waals surface area contributed by atoms with Crippen molar-refractivity contribution in [2.24, 2.45) is 0 Å². The maximum atomic E-state index is 13.5. The van der Waals surface area contributed by atoms with Crippen molar-refractivity contribution < 1.29 is 4.39 Å². The second-order valence-corrected chi connectivity index (χ2v) is 5.99. The molecular formula is C16H19BrFN3. The van der Waals surface area contributed by atoms with E-state index in [-0.39, 0.29) is 11.9 Å². The standard InChI is InChI=1S/C16H19BrFN3/c1-3-4-19-15(16-10-20-11(2)9-21-16)7-12-5-13(17)8-14(18)6-12/h5-6,8-10,15,19H,3-4,7H2,1-2H3. The molecule has 0 saturated heterocycles. The summed E-state index contributed by atoms with van der Waals surface area (Å²) >= 11 is 3.33. The van der Waals surface area contributed by atoms with Crippen molar-refractivity contribution in [2.45, 2.75) is 32.7 Å². The van der Waals surface area contributed by atoms with E-state index in [9.17, 15) is 4.39 Å². The molecule has 1 aromatic heterocycles. The van der Waals surface area contributed by atoms with Crippen LogP contribution in [0.3, 0.4) is 0 Å². The largest absolute Gasteiger partial charge is 0.308 e. The predicted octanol–water partition coefficient (Wildman–Crippen LogP) is 3.97. The van der Waals surface area contributed by atoms with E-state index in [1.807, 2.05) is 13.0 Å². The van der Waals surface area contributed by atoms with Gasteiger partial charge in [-0.05, 0) is 50.1 Å². The molecule has 2 aromatic rings. The summed E-state index contributed by atoms with van der Waals surface area (Å²) in [5.41, 5.74) is 2.70. The Morgan fingerprint density at radius 2 is 2.05 bits per heavy atom. The highest BCUT2D eigenvalue weighted by atomic mass is 79.9. The van der Waals surface area contributed by atoms with Gasteiger partial charge in [0, 0.05) is 10.7 Å². The Kier molecular flexibility index (Phi) is 5.82. The normalized spacial score (nSPS) is 12.4. The molecule has 3 nitrogen and oxygen atoms in total. The van der Waals surface area contributed by atoms with Crippen LogP contribution in [-0.4, -0.2) is 16.5 Å². The molecule has 1 atom stereocenters. The van der Waals surface area contributed by atoms with Crippen molar-refractivity contribution >= 4 is 15.9 Å². The number of hydrogen-bond acceptors (Lipinski definition) is 3. The summed E-state index contributed by atoms with van der Waals surface area (Å²) in [6.07, 6.45) is 5.26. The average molecular weight is 352 g/mol. The minimum absolute atomic E-state index is 0.0340. The van der Waals surface area contributed by atoms with Gasteiger partial charge in [-0.2, -0.15) is 0 Å². The first-order valence-electron chi connectivity index (χ1n) is 7.05. The highest BCUT2D eigenvalue weighted by Gasteiger charge is 2.14. The van der Waals surface area contributed by atoms with Gasteiger partial charge >= 0.3 is 0 Å². The Balaban J connectivity index is 2.21. The van der Waals surface area contributed by atoms with Gasteiger partial charge in [-0.25, -0.2) is 4.39 Å². The van der Waals surface area contributed by atoms with E-state index in [1.54, 1.807) is 18.5 Å². The van der Waals surface area contributed by atoms with Crippen LogP contribution in [0, 0.1) is 12.7 Å². The Morgan fingerprint density at radius 3 is 2.67 bits per heavy atom. The van der Waals surface area contributed by atoms with Gasteiger partial charge in [0.15, 0.2) is 0 Å². The number of halogens is 2. The quantitative estimate of drug-likeness (QED) is 0.855. The molecule has 2 rings (SSSR count). The number of hydrogen-bond donors (Lipinski definition) is 1. The average Bonchev–Trinajstić information content (AvgIpc) is 2.43. The molecule has 0 saturated carbocycles. The highest BCUT2D eigenvalue weighted by molar-refractivity contribution is 9.10. The van der Waals surface area contributed by atoms with E-state index in [4.69, 9.17) is 0 Å². The lowest BCUT2D eigenvalue weighted by atomic mass is 10.0. The van der Waals surface area contributed by atoms with E-state index in [2.05, 4.69) is 38.1 Å². The topological polar surface area (TPSA) is 37.8 Å². The molecule has 1 aromatic carbocycles. The Bertz CT molecular complexity index is 566. The van der Waals surface area contributed by atoms with Gasteiger partial charge in [-0.1, -0.05) is 22.9 Å². The number of aromatic nitrogens is 2. The molecule has 1 unspecified atom stereocenters. The fraction of sp³-hybridized carbons (Fsp3) is 0.375. The summed E-state index contributed by atoms with van der Waals surface area (Å²) in [5, 5.41) is 3.45. The lowest BCUT2D eigenvalue weighted by Gasteiger charge is -2.18. The molecule has 1 N–H and O–H groups in total. The summed E-state index contributed by atoms with van der Waals surface area (Å²) in [6.45, 7) is 4.91. The second kappa shape index (κ2) is 7.61. The van der Waals surface area contributed by atoms with E-state index in [0.717, 1.165) is 34.4 Å². The molecule has 0 aliphatic rings. The SMILES string of the molecule is CCCNC(Cc1cc(F)cc(Br)c1)c1cnc(C)cn1. The lowest BCUT2D eigenvalue weighted by molar-refractivity contribution is 0.514. The molecule has 0 aliphatic heterocycles. The minimum Gasteiger partial charge on any atom is -0.308 e. The third kappa shape index (κ3) is 4.86. The number of nitrogens with one attached hydrogen (secondary N) is 1. The Labute approximate surface area is 133 Å². The number of nitrogens with zero attached hydrogens (tertiary/aromatic N) is 2. The van der Waals surface area contributed by atoms with Gasteiger partial charge in [0.1, 0.15) is 5.82 Å². The molecule has 0 bridgehead atoms. The first kappa shape index (κ1) is 16.0. The van der Waals surface area contributed by atoms with Crippen LogP contribution in [0.4, 0.5) is 4.39 Å². The Morgan fingerprint density at radius 1 is 1.24 bits per heavy atom. The van der Waals surface area contributed by atoms with Gasteiger partial charge in [-0.3, -0.25) is 9.97 Å². The van der Waals surface area contributed by atoms with Crippen molar-refractivity contribution in [3.05, 3.63) is 57.8 Å². The van der Waals surface area contributed by atoms with Gasteiger partial charge in [0.05, 0.1) is 23.6 Å². The van der Waals surface area contributed by atoms with Crippen LogP contribution in [0.1, 0.15) is 36.3 Å². The molecule has 5 heteroatoms. The second-order valence-electron chi connectivity index (χ2n) is 5.07. The Hall–Kier alpha value is -1.33. The van der Waals surface area contributed by atoms with Crippen LogP contribution in [0.5, 0.6) is 0 Å². The third-order valence-electron chi connectivity index (χ3n) is 3.16. The molecule has 0 radical (unpaired) electrons. The van der Waals surface area contributed by atoms with E-state index >= 15 is 0 Å². The zero-order valence-corrected chi connectivity index (χ0v) is 13.8. The lowest BCUT2D eigenvalue weighted by Crippen LogP contribution is -2.25. The molecule has 0 fully saturated rings. The summed E-state index contributed by atoms with van der Waals surface area (Å²) in [4.78, 5) is 8.74. The molecule has 112 valence electrons.